The van der Waals surface area contributed by atoms with E-state index in [0.29, 0.717) is 17.0 Å². The lowest BCUT2D eigenvalue weighted by Gasteiger charge is -2.44. The summed E-state index contributed by atoms with van der Waals surface area (Å²) in [6.45, 7) is 5.43. The van der Waals surface area contributed by atoms with Gasteiger partial charge in [-0.25, -0.2) is 0 Å². The first-order valence-corrected chi connectivity index (χ1v) is 10.8. The summed E-state index contributed by atoms with van der Waals surface area (Å²) in [7, 11) is 0. The molecule has 1 N–H and O–H groups in total. The van der Waals surface area contributed by atoms with Gasteiger partial charge < -0.3 is 9.80 Å². The average molecular weight is 410 g/mol. The van der Waals surface area contributed by atoms with E-state index in [-0.39, 0.29) is 18.7 Å². The second-order valence-corrected chi connectivity index (χ2v) is 8.81. The number of carbonyl (C=O) groups is 4. The van der Waals surface area contributed by atoms with Crippen LogP contribution in [0.4, 0.5) is 5.69 Å². The van der Waals surface area contributed by atoms with E-state index >= 15 is 0 Å². The summed E-state index contributed by atoms with van der Waals surface area (Å²) in [6.07, 6.45) is 4.22. The molecular formula is C22H26N4O4. The van der Waals surface area contributed by atoms with Gasteiger partial charge in [0.15, 0.2) is 0 Å². The van der Waals surface area contributed by atoms with Crippen LogP contribution in [0.2, 0.25) is 0 Å². The molecule has 3 fully saturated rings. The van der Waals surface area contributed by atoms with E-state index in [1.807, 2.05) is 6.07 Å². The summed E-state index contributed by atoms with van der Waals surface area (Å²) in [5.41, 5.74) is 1.62. The third-order valence-electron chi connectivity index (χ3n) is 6.71. The molecule has 4 amide bonds. The first kappa shape index (κ1) is 19.2. The van der Waals surface area contributed by atoms with Crippen molar-refractivity contribution in [3.05, 3.63) is 29.3 Å². The molecule has 4 aliphatic heterocycles. The monoisotopic (exact) mass is 410 g/mol. The lowest BCUT2D eigenvalue weighted by atomic mass is 9.96. The molecule has 30 heavy (non-hydrogen) atoms. The number of anilines is 1. The molecule has 3 saturated heterocycles. The Morgan fingerprint density at radius 2 is 1.67 bits per heavy atom. The molecule has 0 saturated carbocycles. The molecule has 1 atom stereocenters. The number of fused-ring (bicyclic) bond motifs is 1. The van der Waals surface area contributed by atoms with Crippen LogP contribution in [-0.2, 0) is 9.59 Å². The van der Waals surface area contributed by atoms with Crippen molar-refractivity contribution in [1.29, 1.82) is 0 Å². The molecule has 0 bridgehead atoms. The van der Waals surface area contributed by atoms with Gasteiger partial charge in [-0.3, -0.25) is 29.4 Å². The lowest BCUT2D eigenvalue weighted by Crippen LogP contribution is -2.54. The van der Waals surface area contributed by atoms with Crippen LogP contribution in [0, 0.1) is 5.92 Å². The molecule has 1 aromatic carbocycles. The van der Waals surface area contributed by atoms with Crippen molar-refractivity contribution in [3.63, 3.8) is 0 Å². The molecule has 4 aliphatic rings. The molecule has 0 aromatic heterocycles. The van der Waals surface area contributed by atoms with Crippen LogP contribution in [0.25, 0.3) is 0 Å². The zero-order chi connectivity index (χ0) is 20.8. The molecule has 1 aromatic rings. The number of hydrogen-bond donors (Lipinski definition) is 1. The Balaban J connectivity index is 1.26. The topological polar surface area (TPSA) is 90.0 Å². The van der Waals surface area contributed by atoms with Gasteiger partial charge in [-0.15, -0.1) is 0 Å². The second-order valence-electron chi connectivity index (χ2n) is 8.81. The number of nitrogens with zero attached hydrogens (tertiary/aromatic N) is 3. The maximum Gasteiger partial charge on any atom is 0.262 e. The smallest absolute Gasteiger partial charge is 0.262 e. The Kier molecular flexibility index (Phi) is 4.81. The summed E-state index contributed by atoms with van der Waals surface area (Å²) in [6, 6.07) is 4.43. The van der Waals surface area contributed by atoms with Crippen molar-refractivity contribution < 1.29 is 19.2 Å². The van der Waals surface area contributed by atoms with Gasteiger partial charge in [0.25, 0.3) is 11.8 Å². The van der Waals surface area contributed by atoms with Crippen LogP contribution in [0.3, 0.4) is 0 Å². The highest BCUT2D eigenvalue weighted by atomic mass is 16.2. The van der Waals surface area contributed by atoms with Gasteiger partial charge >= 0.3 is 0 Å². The highest BCUT2D eigenvalue weighted by Crippen LogP contribution is 2.33. The van der Waals surface area contributed by atoms with E-state index in [2.05, 4.69) is 15.1 Å². The molecular weight excluding hydrogens is 384 g/mol. The maximum atomic E-state index is 13.0. The van der Waals surface area contributed by atoms with E-state index in [9.17, 15) is 19.2 Å². The summed E-state index contributed by atoms with van der Waals surface area (Å²) in [5.74, 6) is -1.22. The Morgan fingerprint density at radius 3 is 2.40 bits per heavy atom. The number of likely N-dealkylation sites (tertiary alicyclic amines) is 1. The second kappa shape index (κ2) is 7.50. The van der Waals surface area contributed by atoms with Crippen LogP contribution in [-0.4, -0.2) is 72.2 Å². The highest BCUT2D eigenvalue weighted by molar-refractivity contribution is 6.23. The van der Waals surface area contributed by atoms with E-state index in [1.165, 1.54) is 32.4 Å². The molecule has 5 rings (SSSR count). The van der Waals surface area contributed by atoms with Gasteiger partial charge in [-0.05, 0) is 50.6 Å². The molecule has 0 radical (unpaired) electrons. The normalized spacial score (nSPS) is 25.4. The number of piperidine rings is 2. The molecule has 4 heterocycles. The summed E-state index contributed by atoms with van der Waals surface area (Å²) in [4.78, 5) is 55.1. The summed E-state index contributed by atoms with van der Waals surface area (Å²) in [5, 5.41) is 2.22. The minimum Gasteiger partial charge on any atom is -0.371 e. The molecule has 0 aliphatic carbocycles. The van der Waals surface area contributed by atoms with Gasteiger partial charge in [0, 0.05) is 37.7 Å². The van der Waals surface area contributed by atoms with Crippen LogP contribution < -0.4 is 10.2 Å². The number of imide groups is 2. The first-order chi connectivity index (χ1) is 14.5. The van der Waals surface area contributed by atoms with Gasteiger partial charge in [-0.1, -0.05) is 6.42 Å². The van der Waals surface area contributed by atoms with Crippen molar-refractivity contribution >= 4 is 29.3 Å². The number of amides is 4. The van der Waals surface area contributed by atoms with E-state index in [4.69, 9.17) is 0 Å². The lowest BCUT2D eigenvalue weighted by molar-refractivity contribution is -0.136. The van der Waals surface area contributed by atoms with Gasteiger partial charge in [0.1, 0.15) is 6.04 Å². The standard InChI is InChI=1S/C22H26N4O4/c27-19-7-6-18(20(28)23-19)26-21(29)16-5-4-15(10-17(16)22(26)30)25-12-14(13-25)11-24-8-2-1-3-9-24/h4-5,10,14,18H,1-3,6-9,11-13H2,(H,23,27,28). The molecule has 8 heteroatoms. The third-order valence-corrected chi connectivity index (χ3v) is 6.71. The Hall–Kier alpha value is -2.74. The van der Waals surface area contributed by atoms with Crippen molar-refractivity contribution in [2.75, 3.05) is 37.6 Å². The summed E-state index contributed by atoms with van der Waals surface area (Å²) >= 11 is 0. The number of hydrogen-bond acceptors (Lipinski definition) is 6. The summed E-state index contributed by atoms with van der Waals surface area (Å²) < 4.78 is 0. The Bertz CT molecular complexity index is 918. The molecule has 0 spiro atoms. The van der Waals surface area contributed by atoms with Gasteiger partial charge in [0.05, 0.1) is 11.1 Å². The minimum atomic E-state index is -0.920. The van der Waals surface area contributed by atoms with Gasteiger partial charge in [0.2, 0.25) is 11.8 Å². The predicted molar refractivity (Wildman–Crippen MR) is 109 cm³/mol. The quantitative estimate of drug-likeness (QED) is 0.746. The molecule has 8 nitrogen and oxygen atoms in total. The van der Waals surface area contributed by atoms with Crippen LogP contribution in [0.15, 0.2) is 18.2 Å². The number of carbonyl (C=O) groups excluding carboxylic acids is 4. The van der Waals surface area contributed by atoms with E-state index < -0.39 is 23.8 Å². The van der Waals surface area contributed by atoms with E-state index in [0.717, 1.165) is 30.2 Å². The van der Waals surface area contributed by atoms with Crippen molar-refractivity contribution in [2.45, 2.75) is 38.1 Å². The van der Waals surface area contributed by atoms with Gasteiger partial charge in [-0.2, -0.15) is 0 Å². The maximum absolute atomic E-state index is 13.0. The number of nitrogens with one attached hydrogen (secondary N) is 1. The first-order valence-electron chi connectivity index (χ1n) is 10.8. The minimum absolute atomic E-state index is 0.126. The molecule has 158 valence electrons. The zero-order valence-electron chi connectivity index (χ0n) is 16.9. The fourth-order valence-electron chi connectivity index (χ4n) is 5.06. The SMILES string of the molecule is O=C1CCC(N2C(=O)c3ccc(N4CC(CN5CCCCC5)C4)cc3C2=O)C(=O)N1. The zero-order valence-corrected chi connectivity index (χ0v) is 16.9. The number of rotatable bonds is 4. The average Bonchev–Trinajstić information content (AvgIpc) is 2.95. The van der Waals surface area contributed by atoms with Crippen molar-refractivity contribution in [2.24, 2.45) is 5.92 Å². The predicted octanol–water partition coefficient (Wildman–Crippen LogP) is 1.01. The van der Waals surface area contributed by atoms with Crippen molar-refractivity contribution in [3.8, 4) is 0 Å². The Labute approximate surface area is 175 Å². The largest absolute Gasteiger partial charge is 0.371 e. The molecule has 1 unspecified atom stereocenters. The third kappa shape index (κ3) is 3.29. The van der Waals surface area contributed by atoms with Crippen LogP contribution >= 0.6 is 0 Å². The van der Waals surface area contributed by atoms with Crippen molar-refractivity contribution in [1.82, 2.24) is 15.1 Å². The van der Waals surface area contributed by atoms with Crippen LogP contribution in [0.5, 0.6) is 0 Å². The Morgan fingerprint density at radius 1 is 0.933 bits per heavy atom. The van der Waals surface area contributed by atoms with Crippen LogP contribution in [0.1, 0.15) is 52.8 Å². The fourth-order valence-corrected chi connectivity index (χ4v) is 5.06. The van der Waals surface area contributed by atoms with E-state index in [1.54, 1.807) is 12.1 Å². The highest BCUT2D eigenvalue weighted by Gasteiger charge is 2.45. The fraction of sp³-hybridized carbons (Fsp3) is 0.545. The number of benzene rings is 1.